The van der Waals surface area contributed by atoms with E-state index in [-0.39, 0.29) is 6.10 Å². The second kappa shape index (κ2) is 4.69. The third-order valence-corrected chi connectivity index (χ3v) is 2.19. The molecule has 1 rings (SSSR count). The highest BCUT2D eigenvalue weighted by atomic mass is 17.1. The van der Waals surface area contributed by atoms with Crippen molar-refractivity contribution in [3.05, 3.63) is 0 Å². The van der Waals surface area contributed by atoms with E-state index >= 15 is 0 Å². The summed E-state index contributed by atoms with van der Waals surface area (Å²) >= 11 is 0. The second-order valence-corrected chi connectivity index (χ2v) is 3.06. The quantitative estimate of drug-likeness (QED) is 0.409. The first-order valence-corrected chi connectivity index (χ1v) is 4.22. The van der Waals surface area contributed by atoms with Crippen molar-refractivity contribution in [3.8, 4) is 0 Å². The predicted octanol–water partition coefficient (Wildman–Crippen LogP) is 2.46. The van der Waals surface area contributed by atoms with Gasteiger partial charge in [-0.1, -0.05) is 32.1 Å². The molecule has 0 saturated heterocycles. The third kappa shape index (κ3) is 2.67. The molecule has 1 radical (unpaired) electrons. The largest absolute Gasteiger partial charge is 0.200 e. The number of hydrogen-bond donors (Lipinski definition) is 0. The van der Waals surface area contributed by atoms with Crippen molar-refractivity contribution in [1.29, 1.82) is 0 Å². The Morgan fingerprint density at radius 3 is 1.90 bits per heavy atom. The van der Waals surface area contributed by atoms with Gasteiger partial charge in [-0.05, 0) is 18.1 Å². The van der Waals surface area contributed by atoms with Gasteiger partial charge in [0.15, 0.2) is 0 Å². The highest BCUT2D eigenvalue weighted by Crippen LogP contribution is 2.18. The lowest BCUT2D eigenvalue weighted by molar-refractivity contribution is -0.337. The van der Waals surface area contributed by atoms with E-state index in [4.69, 9.17) is 0 Å². The molecule has 1 saturated carbocycles. The summed E-state index contributed by atoms with van der Waals surface area (Å²) in [5, 5.41) is 10.0. The molecule has 10 heavy (non-hydrogen) atoms. The summed E-state index contributed by atoms with van der Waals surface area (Å²) in [4.78, 5) is 4.08. The van der Waals surface area contributed by atoms with Gasteiger partial charge in [-0.15, -0.1) is 0 Å². The first-order chi connectivity index (χ1) is 4.93. The van der Waals surface area contributed by atoms with Gasteiger partial charge in [0.05, 0.1) is 6.10 Å². The average molecular weight is 143 g/mol. The van der Waals surface area contributed by atoms with E-state index in [0.29, 0.717) is 0 Å². The van der Waals surface area contributed by atoms with Gasteiger partial charge in [-0.2, -0.15) is 0 Å². The minimum Gasteiger partial charge on any atom is -0.200 e. The van der Waals surface area contributed by atoms with Gasteiger partial charge in [0.1, 0.15) is 0 Å². The van der Waals surface area contributed by atoms with Gasteiger partial charge in [0.2, 0.25) is 0 Å². The van der Waals surface area contributed by atoms with E-state index in [1.54, 1.807) is 0 Å². The molecule has 1 fully saturated rings. The summed E-state index contributed by atoms with van der Waals surface area (Å²) in [6.45, 7) is 0. The highest BCUT2D eigenvalue weighted by Gasteiger charge is 2.11. The van der Waals surface area contributed by atoms with Gasteiger partial charge in [0.25, 0.3) is 0 Å². The lowest BCUT2D eigenvalue weighted by Crippen LogP contribution is -2.11. The van der Waals surface area contributed by atoms with E-state index in [1.165, 1.54) is 32.1 Å². The zero-order valence-corrected chi connectivity index (χ0v) is 6.34. The summed E-state index contributed by atoms with van der Waals surface area (Å²) in [5.74, 6) is 0. The Balaban J connectivity index is 2.16. The molecule has 0 aromatic rings. The number of hydrogen-bond acceptors (Lipinski definition) is 1. The van der Waals surface area contributed by atoms with Gasteiger partial charge >= 0.3 is 0 Å². The van der Waals surface area contributed by atoms with Crippen LogP contribution in [0, 0.1) is 0 Å². The molecule has 0 aliphatic heterocycles. The monoisotopic (exact) mass is 143 g/mol. The molecule has 0 bridgehead atoms. The van der Waals surface area contributed by atoms with E-state index in [9.17, 15) is 5.26 Å². The van der Waals surface area contributed by atoms with Crippen molar-refractivity contribution in [1.82, 2.24) is 0 Å². The standard InChI is InChI=1S/C8H15O2/c9-10-8-6-4-2-1-3-5-7-8/h8H,1-7H2. The Hall–Kier alpha value is -0.0800. The van der Waals surface area contributed by atoms with E-state index in [0.717, 1.165) is 12.8 Å². The van der Waals surface area contributed by atoms with Gasteiger partial charge < -0.3 is 0 Å². The summed E-state index contributed by atoms with van der Waals surface area (Å²) in [7, 11) is 0. The normalized spacial score (nSPS) is 23.7. The first kappa shape index (κ1) is 8.02. The molecule has 2 heteroatoms. The van der Waals surface area contributed by atoms with Crippen molar-refractivity contribution in [3.63, 3.8) is 0 Å². The molecule has 0 atom stereocenters. The first-order valence-electron chi connectivity index (χ1n) is 4.22. The lowest BCUT2D eigenvalue weighted by atomic mass is 9.99. The van der Waals surface area contributed by atoms with Crippen molar-refractivity contribution in [2.75, 3.05) is 0 Å². The zero-order valence-electron chi connectivity index (χ0n) is 6.34. The maximum atomic E-state index is 10.0. The topological polar surface area (TPSA) is 29.1 Å². The molecule has 0 N–H and O–H groups in total. The molecule has 0 aromatic heterocycles. The van der Waals surface area contributed by atoms with Gasteiger partial charge in [-0.3, -0.25) is 0 Å². The molecule has 1 aliphatic carbocycles. The van der Waals surface area contributed by atoms with Crippen LogP contribution in [0.2, 0.25) is 0 Å². The van der Waals surface area contributed by atoms with Crippen LogP contribution in [0.5, 0.6) is 0 Å². The Morgan fingerprint density at radius 1 is 0.900 bits per heavy atom. The lowest BCUT2D eigenvalue weighted by Gasteiger charge is -2.14. The molecule has 0 unspecified atom stereocenters. The molecule has 0 aromatic carbocycles. The van der Waals surface area contributed by atoms with Crippen LogP contribution in [0.3, 0.4) is 0 Å². The smallest absolute Gasteiger partial charge is 0.0962 e. The second-order valence-electron chi connectivity index (χ2n) is 3.06. The highest BCUT2D eigenvalue weighted by molar-refractivity contribution is 4.61. The summed E-state index contributed by atoms with van der Waals surface area (Å²) in [6.07, 6.45) is 8.21. The van der Waals surface area contributed by atoms with Crippen molar-refractivity contribution < 1.29 is 10.1 Å². The van der Waals surface area contributed by atoms with Crippen molar-refractivity contribution in [2.45, 2.75) is 51.0 Å². The Bertz CT molecular complexity index is 75.3. The molecule has 2 nitrogen and oxygen atoms in total. The average Bonchev–Trinajstić information content (AvgIpc) is 1.87. The maximum absolute atomic E-state index is 10.0. The van der Waals surface area contributed by atoms with Crippen LogP contribution in [-0.4, -0.2) is 6.10 Å². The molecule has 0 spiro atoms. The van der Waals surface area contributed by atoms with Crippen LogP contribution in [0.4, 0.5) is 0 Å². The number of rotatable bonds is 1. The molecular weight excluding hydrogens is 128 g/mol. The predicted molar refractivity (Wildman–Crippen MR) is 37.9 cm³/mol. The van der Waals surface area contributed by atoms with Gasteiger partial charge in [-0.25, -0.2) is 4.89 Å². The Kier molecular flexibility index (Phi) is 3.76. The van der Waals surface area contributed by atoms with Crippen LogP contribution in [-0.2, 0) is 10.1 Å². The van der Waals surface area contributed by atoms with Crippen LogP contribution in [0.25, 0.3) is 0 Å². The zero-order chi connectivity index (χ0) is 7.23. The molecule has 0 heterocycles. The summed E-state index contributed by atoms with van der Waals surface area (Å²) in [6, 6.07) is 0. The molecular formula is C8H15O2. The van der Waals surface area contributed by atoms with E-state index < -0.39 is 0 Å². The fourth-order valence-electron chi connectivity index (χ4n) is 1.51. The Labute approximate surface area is 62.1 Å². The fourth-order valence-corrected chi connectivity index (χ4v) is 1.51. The minimum atomic E-state index is 0.0142. The molecule has 0 amide bonds. The fraction of sp³-hybridized carbons (Fsp3) is 1.00. The molecule has 59 valence electrons. The molecule has 1 aliphatic rings. The van der Waals surface area contributed by atoms with Crippen LogP contribution < -0.4 is 0 Å². The van der Waals surface area contributed by atoms with E-state index in [2.05, 4.69) is 4.89 Å². The maximum Gasteiger partial charge on any atom is 0.0962 e. The van der Waals surface area contributed by atoms with Crippen molar-refractivity contribution in [2.24, 2.45) is 0 Å². The van der Waals surface area contributed by atoms with E-state index in [1.807, 2.05) is 0 Å². The Morgan fingerprint density at radius 2 is 1.40 bits per heavy atom. The summed E-state index contributed by atoms with van der Waals surface area (Å²) < 4.78 is 0. The van der Waals surface area contributed by atoms with Crippen LogP contribution in [0.15, 0.2) is 0 Å². The third-order valence-electron chi connectivity index (χ3n) is 2.19. The van der Waals surface area contributed by atoms with Crippen LogP contribution >= 0.6 is 0 Å². The minimum absolute atomic E-state index is 0.0142. The summed E-state index contributed by atoms with van der Waals surface area (Å²) in [5.41, 5.74) is 0. The van der Waals surface area contributed by atoms with Crippen molar-refractivity contribution >= 4 is 0 Å². The van der Waals surface area contributed by atoms with Crippen LogP contribution in [0.1, 0.15) is 44.9 Å². The van der Waals surface area contributed by atoms with Gasteiger partial charge in [0, 0.05) is 0 Å². The SMILES string of the molecule is [O]OC1CCCCCCC1.